The van der Waals surface area contributed by atoms with Crippen LogP contribution in [-0.2, 0) is 19.7 Å². The topological polar surface area (TPSA) is 43.4 Å². The summed E-state index contributed by atoms with van der Waals surface area (Å²) in [5.74, 6) is 3.26. The van der Waals surface area contributed by atoms with Crippen molar-refractivity contribution in [2.75, 3.05) is 0 Å². The Morgan fingerprint density at radius 3 is 2.30 bits per heavy atom. The van der Waals surface area contributed by atoms with Crippen LogP contribution >= 0.6 is 0 Å². The Bertz CT molecular complexity index is 975. The third kappa shape index (κ3) is 4.11. The van der Waals surface area contributed by atoms with Crippen molar-refractivity contribution in [3.63, 3.8) is 0 Å². The Morgan fingerprint density at radius 2 is 1.61 bits per heavy atom. The van der Waals surface area contributed by atoms with Crippen molar-refractivity contribution >= 4 is 10.1 Å². The lowest BCUT2D eigenvalue weighted by Gasteiger charge is -2.60. The number of benzene rings is 1. The van der Waals surface area contributed by atoms with Gasteiger partial charge < -0.3 is 0 Å². The molecule has 0 aromatic heterocycles. The van der Waals surface area contributed by atoms with Crippen LogP contribution in [0.25, 0.3) is 0 Å². The maximum Gasteiger partial charge on any atom is 0.297 e. The molecule has 7 atom stereocenters. The summed E-state index contributed by atoms with van der Waals surface area (Å²) in [4.78, 5) is 0.292. The molecule has 0 spiro atoms. The molecule has 4 heteroatoms. The number of hydrogen-bond acceptors (Lipinski definition) is 3. The molecule has 0 heterocycles. The second kappa shape index (κ2) is 8.08. The first kappa shape index (κ1) is 23.9. The minimum Gasteiger partial charge on any atom is -0.263 e. The van der Waals surface area contributed by atoms with Gasteiger partial charge in [0.2, 0.25) is 0 Å². The second-order valence-corrected chi connectivity index (χ2v) is 15.0. The van der Waals surface area contributed by atoms with Crippen LogP contribution < -0.4 is 0 Å². The van der Waals surface area contributed by atoms with Crippen LogP contribution in [0.5, 0.6) is 0 Å². The summed E-state index contributed by atoms with van der Waals surface area (Å²) in [5.41, 5.74) is 2.11. The van der Waals surface area contributed by atoms with Gasteiger partial charge in [-0.2, -0.15) is 8.42 Å². The van der Waals surface area contributed by atoms with Gasteiger partial charge in [0.05, 0.1) is 11.0 Å². The standard InChI is InChI=1S/C29H44O3S/c1-27(2,3)20-8-11-23(12-9-20)33(30,31)32-22-14-18-29(5)21(19-22)10-13-24-25-7-6-16-28(25,4)17-15-26(24)29/h8-9,11-12,21-22,24-26H,6-7,10,13-19H2,1-5H3/t21-,22+,24+,25-,26+,28-,29-/m0/s1. The van der Waals surface area contributed by atoms with Crippen molar-refractivity contribution in [2.24, 2.45) is 34.5 Å². The maximum atomic E-state index is 13.1. The van der Waals surface area contributed by atoms with E-state index < -0.39 is 10.1 Å². The summed E-state index contributed by atoms with van der Waals surface area (Å²) >= 11 is 0. The van der Waals surface area contributed by atoms with Gasteiger partial charge >= 0.3 is 0 Å². The monoisotopic (exact) mass is 472 g/mol. The first-order chi connectivity index (χ1) is 15.4. The first-order valence-corrected chi connectivity index (χ1v) is 14.9. The van der Waals surface area contributed by atoms with Crippen molar-refractivity contribution < 1.29 is 12.6 Å². The van der Waals surface area contributed by atoms with Crippen LogP contribution in [0.4, 0.5) is 0 Å². The van der Waals surface area contributed by atoms with E-state index in [4.69, 9.17) is 4.18 Å². The van der Waals surface area contributed by atoms with Gasteiger partial charge in [0.25, 0.3) is 10.1 Å². The summed E-state index contributed by atoms with van der Waals surface area (Å²) in [7, 11) is -3.72. The van der Waals surface area contributed by atoms with Crippen LogP contribution in [0.1, 0.15) is 104 Å². The fourth-order valence-electron chi connectivity index (χ4n) is 8.66. The lowest BCUT2D eigenvalue weighted by molar-refractivity contribution is -0.117. The number of hydrogen-bond donors (Lipinski definition) is 0. The fourth-order valence-corrected chi connectivity index (χ4v) is 9.77. The molecule has 4 fully saturated rings. The van der Waals surface area contributed by atoms with E-state index in [1.165, 1.54) is 44.9 Å². The minimum atomic E-state index is -3.72. The van der Waals surface area contributed by atoms with Crippen LogP contribution in [0.15, 0.2) is 29.2 Å². The van der Waals surface area contributed by atoms with Gasteiger partial charge in [0.1, 0.15) is 0 Å². The van der Waals surface area contributed by atoms with Gasteiger partial charge in [-0.1, -0.05) is 53.2 Å². The molecule has 0 unspecified atom stereocenters. The predicted molar refractivity (Wildman–Crippen MR) is 134 cm³/mol. The van der Waals surface area contributed by atoms with Crippen LogP contribution in [0, 0.1) is 34.5 Å². The van der Waals surface area contributed by atoms with Crippen LogP contribution in [-0.4, -0.2) is 14.5 Å². The molecule has 1 aromatic carbocycles. The van der Waals surface area contributed by atoms with E-state index in [-0.39, 0.29) is 11.5 Å². The quantitative estimate of drug-likeness (QED) is 0.428. The van der Waals surface area contributed by atoms with Gasteiger partial charge in [0.15, 0.2) is 0 Å². The van der Waals surface area contributed by atoms with E-state index in [0.29, 0.717) is 21.6 Å². The van der Waals surface area contributed by atoms with Gasteiger partial charge in [0, 0.05) is 0 Å². The maximum absolute atomic E-state index is 13.1. The third-order valence-electron chi connectivity index (χ3n) is 10.7. The molecule has 4 aliphatic rings. The first-order valence-electron chi connectivity index (χ1n) is 13.5. The summed E-state index contributed by atoms with van der Waals surface area (Å²) in [6.07, 6.45) is 12.4. The average molecular weight is 473 g/mol. The lowest BCUT2D eigenvalue weighted by Crippen LogP contribution is -2.53. The summed E-state index contributed by atoms with van der Waals surface area (Å²) < 4.78 is 32.0. The molecule has 0 N–H and O–H groups in total. The van der Waals surface area contributed by atoms with Crippen molar-refractivity contribution in [1.29, 1.82) is 0 Å². The Morgan fingerprint density at radius 1 is 0.879 bits per heavy atom. The van der Waals surface area contributed by atoms with E-state index in [9.17, 15) is 8.42 Å². The molecule has 3 nitrogen and oxygen atoms in total. The van der Waals surface area contributed by atoms with Gasteiger partial charge in [-0.15, -0.1) is 0 Å². The third-order valence-corrected chi connectivity index (χ3v) is 12.0. The van der Waals surface area contributed by atoms with Gasteiger partial charge in [-0.05, 0) is 115 Å². The minimum absolute atomic E-state index is 0.00483. The average Bonchev–Trinajstić information content (AvgIpc) is 3.15. The van der Waals surface area contributed by atoms with Crippen molar-refractivity contribution in [3.05, 3.63) is 29.8 Å². The molecule has 4 aliphatic carbocycles. The van der Waals surface area contributed by atoms with Crippen molar-refractivity contribution in [2.45, 2.75) is 115 Å². The molecule has 184 valence electrons. The highest BCUT2D eigenvalue weighted by Crippen LogP contribution is 2.66. The fraction of sp³-hybridized carbons (Fsp3) is 0.793. The normalized spacial score (nSPS) is 41.2. The molecule has 0 bridgehead atoms. The van der Waals surface area contributed by atoms with E-state index in [1.54, 1.807) is 12.1 Å². The largest absolute Gasteiger partial charge is 0.297 e. The Hall–Kier alpha value is -0.870. The van der Waals surface area contributed by atoms with Gasteiger partial charge in [-0.3, -0.25) is 4.18 Å². The Kier molecular flexibility index (Phi) is 5.84. The highest BCUT2D eigenvalue weighted by molar-refractivity contribution is 7.86. The van der Waals surface area contributed by atoms with Crippen LogP contribution in [0.3, 0.4) is 0 Å². The predicted octanol–water partition coefficient (Wildman–Crippen LogP) is 7.49. The van der Waals surface area contributed by atoms with Crippen LogP contribution in [0.2, 0.25) is 0 Å². The Balaban J connectivity index is 1.27. The molecule has 0 aliphatic heterocycles. The van der Waals surface area contributed by atoms with E-state index in [1.807, 2.05) is 12.1 Å². The molecular formula is C29H44O3S. The zero-order chi connectivity index (χ0) is 23.6. The second-order valence-electron chi connectivity index (χ2n) is 13.5. The summed E-state index contributed by atoms with van der Waals surface area (Å²) in [5, 5.41) is 0. The summed E-state index contributed by atoms with van der Waals surface area (Å²) in [6.45, 7) is 11.5. The van der Waals surface area contributed by atoms with E-state index >= 15 is 0 Å². The SMILES string of the molecule is CC(C)(C)c1ccc(S(=O)(=O)O[C@@H]2CC[C@@]3(C)[C@@H](CC[C@H]4[C@H]3CC[C@]3(C)CCC[C@@H]43)C2)cc1. The van der Waals surface area contributed by atoms with Crippen molar-refractivity contribution in [3.8, 4) is 0 Å². The molecule has 33 heavy (non-hydrogen) atoms. The molecule has 5 rings (SSSR count). The van der Waals surface area contributed by atoms with Crippen molar-refractivity contribution in [1.82, 2.24) is 0 Å². The zero-order valence-corrected chi connectivity index (χ0v) is 22.2. The number of fused-ring (bicyclic) bond motifs is 5. The highest BCUT2D eigenvalue weighted by atomic mass is 32.2. The smallest absolute Gasteiger partial charge is 0.263 e. The Labute approximate surface area is 202 Å². The van der Waals surface area contributed by atoms with Gasteiger partial charge in [-0.25, -0.2) is 0 Å². The molecule has 0 saturated heterocycles. The van der Waals surface area contributed by atoms with E-state index in [2.05, 4.69) is 34.6 Å². The highest BCUT2D eigenvalue weighted by Gasteiger charge is 2.58. The molecule has 1 aromatic rings. The molecule has 0 radical (unpaired) electrons. The summed E-state index contributed by atoms with van der Waals surface area (Å²) in [6, 6.07) is 7.29. The molecule has 0 amide bonds. The lowest BCUT2D eigenvalue weighted by atomic mass is 9.45. The zero-order valence-electron chi connectivity index (χ0n) is 21.4. The molecule has 4 saturated carbocycles. The van der Waals surface area contributed by atoms with E-state index in [0.717, 1.165) is 42.6 Å². The number of rotatable bonds is 3. The molecular weight excluding hydrogens is 428 g/mol.